The van der Waals surface area contributed by atoms with Crippen LogP contribution in [0.25, 0.3) is 0 Å². The molecular weight excluding hydrogens is 519 g/mol. The lowest BCUT2D eigenvalue weighted by Gasteiger charge is -2.31. The standard InChI is InChI=1S/C27H34F3N3O4S/c1-18(25(34)19-7-3-2-4-8-19)31-16-21-9-5-6-10-24(21)32-38(36,37)23-12-11-22-17-33(14-13-20(22)15-23)26(35)27(28,29)30/h5-6,9-12,15,18-19,25,31-32,34H,2-4,7-8,13-14,16-17H2,1H3/t18-,25-/m0/s1. The van der Waals surface area contributed by atoms with Crippen LogP contribution in [0.2, 0.25) is 0 Å². The van der Waals surface area contributed by atoms with Crippen molar-refractivity contribution < 1.29 is 31.5 Å². The average molecular weight is 554 g/mol. The van der Waals surface area contributed by atoms with Crippen molar-refractivity contribution in [1.82, 2.24) is 10.2 Å². The van der Waals surface area contributed by atoms with Gasteiger partial charge in [0.05, 0.1) is 16.7 Å². The number of halogens is 3. The quantitative estimate of drug-likeness (QED) is 0.452. The van der Waals surface area contributed by atoms with Crippen LogP contribution >= 0.6 is 0 Å². The summed E-state index contributed by atoms with van der Waals surface area (Å²) in [5.74, 6) is -1.63. The van der Waals surface area contributed by atoms with Gasteiger partial charge in [-0.1, -0.05) is 43.5 Å². The molecule has 0 spiro atoms. The van der Waals surface area contributed by atoms with Crippen molar-refractivity contribution in [3.63, 3.8) is 0 Å². The monoisotopic (exact) mass is 553 g/mol. The van der Waals surface area contributed by atoms with Gasteiger partial charge < -0.3 is 15.3 Å². The number of fused-ring (bicyclic) bond motifs is 1. The summed E-state index contributed by atoms with van der Waals surface area (Å²) in [7, 11) is -3.98. The number of amides is 1. The first-order valence-corrected chi connectivity index (χ1v) is 14.4. The van der Waals surface area contributed by atoms with Crippen LogP contribution < -0.4 is 10.0 Å². The van der Waals surface area contributed by atoms with Crippen LogP contribution in [0.15, 0.2) is 47.4 Å². The first-order valence-electron chi connectivity index (χ1n) is 13.0. The van der Waals surface area contributed by atoms with Crippen LogP contribution in [0.5, 0.6) is 0 Å². The zero-order chi connectivity index (χ0) is 27.5. The predicted octanol–water partition coefficient (Wildman–Crippen LogP) is 4.35. The lowest BCUT2D eigenvalue weighted by atomic mass is 9.83. The fourth-order valence-corrected chi connectivity index (χ4v) is 6.45. The van der Waals surface area contributed by atoms with E-state index in [0.717, 1.165) is 36.1 Å². The molecule has 0 aromatic heterocycles. The second-order valence-electron chi connectivity index (χ2n) is 10.2. The number of sulfonamides is 1. The molecule has 0 saturated heterocycles. The first kappa shape index (κ1) is 28.4. The van der Waals surface area contributed by atoms with Crippen LogP contribution in [-0.2, 0) is 34.3 Å². The van der Waals surface area contributed by atoms with Crippen LogP contribution in [0, 0.1) is 5.92 Å². The van der Waals surface area contributed by atoms with E-state index in [9.17, 15) is 31.5 Å². The Balaban J connectivity index is 1.43. The molecule has 4 rings (SSSR count). The van der Waals surface area contributed by atoms with Gasteiger partial charge in [-0.25, -0.2) is 8.42 Å². The molecule has 1 saturated carbocycles. The van der Waals surface area contributed by atoms with Crippen molar-refractivity contribution in [2.24, 2.45) is 5.92 Å². The van der Waals surface area contributed by atoms with E-state index in [-0.39, 0.29) is 36.4 Å². The summed E-state index contributed by atoms with van der Waals surface area (Å²) in [6.07, 6.45) is 0.205. The summed E-state index contributed by atoms with van der Waals surface area (Å²) in [4.78, 5) is 12.3. The number of aliphatic hydroxyl groups is 1. The zero-order valence-corrected chi connectivity index (χ0v) is 22.1. The number of aliphatic hydroxyl groups excluding tert-OH is 1. The molecule has 7 nitrogen and oxygen atoms in total. The molecule has 2 atom stereocenters. The molecule has 1 aliphatic heterocycles. The minimum Gasteiger partial charge on any atom is -0.391 e. The molecule has 11 heteroatoms. The van der Waals surface area contributed by atoms with E-state index in [1.807, 2.05) is 19.1 Å². The van der Waals surface area contributed by atoms with Gasteiger partial charge in [0.15, 0.2) is 0 Å². The molecule has 2 aliphatic rings. The summed E-state index contributed by atoms with van der Waals surface area (Å²) >= 11 is 0. The maximum Gasteiger partial charge on any atom is 0.471 e. The number of para-hydroxylation sites is 1. The Morgan fingerprint density at radius 3 is 2.53 bits per heavy atom. The second kappa shape index (κ2) is 11.6. The number of benzene rings is 2. The number of alkyl halides is 3. The largest absolute Gasteiger partial charge is 0.471 e. The highest BCUT2D eigenvalue weighted by Gasteiger charge is 2.43. The van der Waals surface area contributed by atoms with Gasteiger partial charge in [-0.3, -0.25) is 9.52 Å². The number of hydrogen-bond acceptors (Lipinski definition) is 5. The highest BCUT2D eigenvalue weighted by Crippen LogP contribution is 2.29. The molecule has 1 amide bonds. The summed E-state index contributed by atoms with van der Waals surface area (Å²) in [6.45, 7) is 1.93. The van der Waals surface area contributed by atoms with Gasteiger partial charge >= 0.3 is 12.1 Å². The average Bonchev–Trinajstić information content (AvgIpc) is 2.90. The number of nitrogens with zero attached hydrogens (tertiary/aromatic N) is 1. The zero-order valence-electron chi connectivity index (χ0n) is 21.3. The number of anilines is 1. The van der Waals surface area contributed by atoms with Gasteiger partial charge in [-0.15, -0.1) is 0 Å². The number of nitrogens with one attached hydrogen (secondary N) is 2. The summed E-state index contributed by atoms with van der Waals surface area (Å²) in [5.41, 5.74) is 2.21. The fraction of sp³-hybridized carbons (Fsp3) is 0.519. The number of hydrogen-bond donors (Lipinski definition) is 3. The number of carbonyl (C=O) groups excluding carboxylic acids is 1. The molecule has 0 unspecified atom stereocenters. The maximum atomic E-state index is 13.2. The van der Waals surface area contributed by atoms with E-state index >= 15 is 0 Å². The van der Waals surface area contributed by atoms with E-state index in [1.165, 1.54) is 24.6 Å². The third-order valence-corrected chi connectivity index (χ3v) is 8.91. The van der Waals surface area contributed by atoms with E-state index in [0.29, 0.717) is 23.4 Å². The Bertz CT molecular complexity index is 1250. The molecule has 3 N–H and O–H groups in total. The molecule has 208 valence electrons. The van der Waals surface area contributed by atoms with Crippen LogP contribution in [-0.4, -0.2) is 49.2 Å². The number of carbonyl (C=O) groups is 1. The molecule has 1 heterocycles. The van der Waals surface area contributed by atoms with Gasteiger partial charge in [0.1, 0.15) is 0 Å². The van der Waals surface area contributed by atoms with E-state index < -0.39 is 28.2 Å². The molecule has 38 heavy (non-hydrogen) atoms. The molecule has 1 fully saturated rings. The van der Waals surface area contributed by atoms with E-state index in [2.05, 4.69) is 10.0 Å². The molecular formula is C27H34F3N3O4S. The maximum absolute atomic E-state index is 13.2. The van der Waals surface area contributed by atoms with E-state index in [4.69, 9.17) is 0 Å². The van der Waals surface area contributed by atoms with Crippen LogP contribution in [0.3, 0.4) is 0 Å². The van der Waals surface area contributed by atoms with Crippen LogP contribution in [0.1, 0.15) is 55.7 Å². The summed E-state index contributed by atoms with van der Waals surface area (Å²) in [6, 6.07) is 11.1. The molecule has 2 aromatic carbocycles. The Labute approximate surface area is 221 Å². The predicted molar refractivity (Wildman–Crippen MR) is 138 cm³/mol. The Hall–Kier alpha value is -2.63. The van der Waals surface area contributed by atoms with Crippen molar-refractivity contribution in [3.8, 4) is 0 Å². The van der Waals surface area contributed by atoms with E-state index in [1.54, 1.807) is 12.1 Å². The van der Waals surface area contributed by atoms with Crippen LogP contribution in [0.4, 0.5) is 18.9 Å². The van der Waals surface area contributed by atoms with Crippen molar-refractivity contribution in [1.29, 1.82) is 0 Å². The molecule has 0 radical (unpaired) electrons. The van der Waals surface area contributed by atoms with Gasteiger partial charge in [-0.2, -0.15) is 13.2 Å². The molecule has 2 aromatic rings. The lowest BCUT2D eigenvalue weighted by molar-refractivity contribution is -0.186. The highest BCUT2D eigenvalue weighted by atomic mass is 32.2. The normalized spacial score (nSPS) is 18.5. The first-order chi connectivity index (χ1) is 18.0. The second-order valence-corrected chi connectivity index (χ2v) is 11.9. The minimum atomic E-state index is -4.95. The SMILES string of the molecule is C[C@H](NCc1ccccc1NS(=O)(=O)c1ccc2c(c1)CCN(C(=O)C(F)(F)F)C2)[C@H](O)C1CCCCC1. The minimum absolute atomic E-state index is 0.00398. The van der Waals surface area contributed by atoms with Crippen molar-refractivity contribution in [3.05, 3.63) is 59.2 Å². The fourth-order valence-electron chi connectivity index (χ4n) is 5.30. The van der Waals surface area contributed by atoms with Gasteiger partial charge in [0.25, 0.3) is 10.0 Å². The smallest absolute Gasteiger partial charge is 0.391 e. The summed E-state index contributed by atoms with van der Waals surface area (Å²) in [5, 5.41) is 14.1. The van der Waals surface area contributed by atoms with Crippen molar-refractivity contribution in [2.75, 3.05) is 11.3 Å². The van der Waals surface area contributed by atoms with Gasteiger partial charge in [-0.05, 0) is 67.0 Å². The van der Waals surface area contributed by atoms with Gasteiger partial charge in [0, 0.05) is 25.7 Å². The third-order valence-electron chi connectivity index (χ3n) is 7.55. The highest BCUT2D eigenvalue weighted by molar-refractivity contribution is 7.92. The molecule has 0 bridgehead atoms. The Morgan fingerprint density at radius 2 is 1.82 bits per heavy atom. The molecule has 1 aliphatic carbocycles. The number of rotatable bonds is 8. The lowest BCUT2D eigenvalue weighted by Crippen LogP contribution is -2.43. The van der Waals surface area contributed by atoms with Crippen molar-refractivity contribution >= 4 is 21.6 Å². The topological polar surface area (TPSA) is 98.7 Å². The van der Waals surface area contributed by atoms with Crippen molar-refractivity contribution in [2.45, 2.75) is 81.8 Å². The summed E-state index contributed by atoms with van der Waals surface area (Å²) < 4.78 is 67.4. The third kappa shape index (κ3) is 6.68. The Kier molecular flexibility index (Phi) is 8.68. The Morgan fingerprint density at radius 1 is 1.11 bits per heavy atom. The van der Waals surface area contributed by atoms with Gasteiger partial charge in [0.2, 0.25) is 0 Å².